The van der Waals surface area contributed by atoms with Crippen LogP contribution in [0.3, 0.4) is 0 Å². The summed E-state index contributed by atoms with van der Waals surface area (Å²) in [5.74, 6) is 0.000155. The van der Waals surface area contributed by atoms with Gasteiger partial charge in [-0.05, 0) is 32.3 Å². The van der Waals surface area contributed by atoms with Crippen LogP contribution in [-0.2, 0) is 11.2 Å². The van der Waals surface area contributed by atoms with Gasteiger partial charge in [-0.15, -0.1) is 0 Å². The number of nitrogens with zero attached hydrogens (tertiary/aromatic N) is 2. The van der Waals surface area contributed by atoms with Gasteiger partial charge in [0.05, 0.1) is 0 Å². The van der Waals surface area contributed by atoms with E-state index >= 15 is 0 Å². The van der Waals surface area contributed by atoms with Crippen molar-refractivity contribution in [3.05, 3.63) is 23.3 Å². The number of aromatic nitrogens is 2. The first-order chi connectivity index (χ1) is 6.59. The van der Waals surface area contributed by atoms with Gasteiger partial charge in [-0.2, -0.15) is 0 Å². The normalized spacial score (nSPS) is 10.1. The van der Waals surface area contributed by atoms with Gasteiger partial charge in [-0.25, -0.2) is 9.97 Å². The lowest BCUT2D eigenvalue weighted by Crippen LogP contribution is -2.00. The summed E-state index contributed by atoms with van der Waals surface area (Å²) in [6.07, 6.45) is 3.36. The van der Waals surface area contributed by atoms with Crippen LogP contribution in [0.5, 0.6) is 0 Å². The third-order valence-corrected chi connectivity index (χ3v) is 2.04. The Morgan fingerprint density at radius 2 is 2.21 bits per heavy atom. The van der Waals surface area contributed by atoms with E-state index in [2.05, 4.69) is 9.97 Å². The van der Waals surface area contributed by atoms with Gasteiger partial charge in [0.2, 0.25) is 0 Å². The molecule has 4 nitrogen and oxygen atoms in total. The molecule has 14 heavy (non-hydrogen) atoms. The molecule has 0 fully saturated rings. The van der Waals surface area contributed by atoms with Crippen LogP contribution in [0.15, 0.2) is 6.20 Å². The minimum Gasteiger partial charge on any atom is -0.481 e. The molecule has 0 saturated carbocycles. The smallest absolute Gasteiger partial charge is 0.303 e. The van der Waals surface area contributed by atoms with Gasteiger partial charge in [-0.3, -0.25) is 4.79 Å². The predicted molar refractivity (Wildman–Crippen MR) is 52.1 cm³/mol. The van der Waals surface area contributed by atoms with Crippen LogP contribution in [0.4, 0.5) is 0 Å². The molecule has 0 spiro atoms. The molecule has 1 N–H and O–H groups in total. The summed E-state index contributed by atoms with van der Waals surface area (Å²) in [4.78, 5) is 18.6. The second kappa shape index (κ2) is 4.69. The molecule has 0 amide bonds. The Hall–Kier alpha value is -1.45. The lowest BCUT2D eigenvalue weighted by Gasteiger charge is -2.03. The molecule has 0 aliphatic rings. The van der Waals surface area contributed by atoms with Crippen LogP contribution in [0, 0.1) is 13.8 Å². The van der Waals surface area contributed by atoms with Crippen LogP contribution in [0.1, 0.15) is 29.9 Å². The summed E-state index contributed by atoms with van der Waals surface area (Å²) in [5, 5.41) is 8.47. The fourth-order valence-electron chi connectivity index (χ4n) is 1.28. The molecule has 0 aliphatic heterocycles. The van der Waals surface area contributed by atoms with Crippen molar-refractivity contribution in [3.8, 4) is 0 Å². The first kappa shape index (κ1) is 10.6. The Kier molecular flexibility index (Phi) is 3.56. The van der Waals surface area contributed by atoms with Crippen LogP contribution in [0.25, 0.3) is 0 Å². The van der Waals surface area contributed by atoms with Gasteiger partial charge in [0.1, 0.15) is 5.82 Å². The van der Waals surface area contributed by atoms with E-state index in [-0.39, 0.29) is 6.42 Å². The van der Waals surface area contributed by atoms with Crippen molar-refractivity contribution in [2.75, 3.05) is 0 Å². The third-order valence-electron chi connectivity index (χ3n) is 2.04. The number of aryl methyl sites for hydroxylation is 3. The fourth-order valence-corrected chi connectivity index (χ4v) is 1.28. The number of carboxylic acids is 1. The molecule has 1 rings (SSSR count). The summed E-state index contributed by atoms with van der Waals surface area (Å²) < 4.78 is 0. The van der Waals surface area contributed by atoms with Crippen molar-refractivity contribution in [2.24, 2.45) is 0 Å². The van der Waals surface area contributed by atoms with Crippen LogP contribution >= 0.6 is 0 Å². The largest absolute Gasteiger partial charge is 0.481 e. The van der Waals surface area contributed by atoms with Crippen LogP contribution in [0.2, 0.25) is 0 Å². The van der Waals surface area contributed by atoms with E-state index in [9.17, 15) is 4.79 Å². The maximum absolute atomic E-state index is 10.3. The number of aliphatic carboxylic acids is 1. The van der Waals surface area contributed by atoms with E-state index in [0.717, 1.165) is 23.5 Å². The molecule has 1 aromatic rings. The summed E-state index contributed by atoms with van der Waals surface area (Å²) >= 11 is 0. The average Bonchev–Trinajstić information content (AvgIpc) is 2.08. The number of rotatable bonds is 4. The van der Waals surface area contributed by atoms with E-state index in [1.54, 1.807) is 6.20 Å². The quantitative estimate of drug-likeness (QED) is 0.789. The number of hydrogen-bond donors (Lipinski definition) is 1. The SMILES string of the molecule is Cc1ncc(CCCC(=O)O)c(C)n1. The molecular weight excluding hydrogens is 180 g/mol. The van der Waals surface area contributed by atoms with Gasteiger partial charge >= 0.3 is 5.97 Å². The van der Waals surface area contributed by atoms with Gasteiger partial charge in [0.15, 0.2) is 0 Å². The summed E-state index contributed by atoms with van der Waals surface area (Å²) in [6, 6.07) is 0. The summed E-state index contributed by atoms with van der Waals surface area (Å²) in [5.41, 5.74) is 1.99. The highest BCUT2D eigenvalue weighted by atomic mass is 16.4. The van der Waals surface area contributed by atoms with E-state index < -0.39 is 5.97 Å². The lowest BCUT2D eigenvalue weighted by atomic mass is 10.1. The number of carbonyl (C=O) groups is 1. The summed E-state index contributed by atoms with van der Waals surface area (Å²) in [7, 11) is 0. The topological polar surface area (TPSA) is 63.1 Å². The Morgan fingerprint density at radius 3 is 2.79 bits per heavy atom. The second-order valence-corrected chi connectivity index (χ2v) is 3.28. The fraction of sp³-hybridized carbons (Fsp3) is 0.500. The van der Waals surface area contributed by atoms with Crippen molar-refractivity contribution >= 4 is 5.97 Å². The minimum absolute atomic E-state index is 0.202. The maximum Gasteiger partial charge on any atom is 0.303 e. The predicted octanol–water partition coefficient (Wildman–Crippen LogP) is 1.50. The molecule has 0 saturated heterocycles. The first-order valence-corrected chi connectivity index (χ1v) is 4.60. The standard InChI is InChI=1S/C10H14N2O2/c1-7-9(4-3-5-10(13)14)6-11-8(2)12-7/h6H,3-5H2,1-2H3,(H,13,14). The van der Waals surface area contributed by atoms with Crippen molar-refractivity contribution in [2.45, 2.75) is 33.1 Å². The Labute approximate surface area is 83.0 Å². The highest BCUT2D eigenvalue weighted by molar-refractivity contribution is 5.66. The van der Waals surface area contributed by atoms with Crippen molar-refractivity contribution in [1.82, 2.24) is 9.97 Å². The number of hydrogen-bond acceptors (Lipinski definition) is 3. The highest BCUT2D eigenvalue weighted by Crippen LogP contribution is 2.07. The molecule has 1 aromatic heterocycles. The van der Waals surface area contributed by atoms with E-state index in [1.807, 2.05) is 13.8 Å². The van der Waals surface area contributed by atoms with Gasteiger partial charge in [0.25, 0.3) is 0 Å². The Balaban J connectivity index is 2.55. The lowest BCUT2D eigenvalue weighted by molar-refractivity contribution is -0.137. The van der Waals surface area contributed by atoms with Crippen molar-refractivity contribution in [3.63, 3.8) is 0 Å². The average molecular weight is 194 g/mol. The molecule has 0 atom stereocenters. The molecular formula is C10H14N2O2. The molecule has 0 unspecified atom stereocenters. The van der Waals surface area contributed by atoms with Crippen LogP contribution < -0.4 is 0 Å². The zero-order chi connectivity index (χ0) is 10.6. The van der Waals surface area contributed by atoms with Gasteiger partial charge < -0.3 is 5.11 Å². The van der Waals surface area contributed by atoms with E-state index in [0.29, 0.717) is 6.42 Å². The minimum atomic E-state index is -0.754. The second-order valence-electron chi connectivity index (χ2n) is 3.28. The third kappa shape index (κ3) is 3.12. The molecule has 76 valence electrons. The zero-order valence-electron chi connectivity index (χ0n) is 8.45. The first-order valence-electron chi connectivity index (χ1n) is 4.60. The van der Waals surface area contributed by atoms with Crippen molar-refractivity contribution < 1.29 is 9.90 Å². The molecule has 0 aromatic carbocycles. The van der Waals surface area contributed by atoms with E-state index in [1.165, 1.54) is 0 Å². The monoisotopic (exact) mass is 194 g/mol. The number of carboxylic acid groups (broad SMARTS) is 1. The summed E-state index contributed by atoms with van der Waals surface area (Å²) in [6.45, 7) is 3.76. The van der Waals surface area contributed by atoms with Gasteiger partial charge in [-0.1, -0.05) is 0 Å². The maximum atomic E-state index is 10.3. The van der Waals surface area contributed by atoms with Crippen LogP contribution in [-0.4, -0.2) is 21.0 Å². The van der Waals surface area contributed by atoms with Gasteiger partial charge in [0, 0.05) is 18.3 Å². The Morgan fingerprint density at radius 1 is 1.50 bits per heavy atom. The highest BCUT2D eigenvalue weighted by Gasteiger charge is 2.02. The molecule has 0 radical (unpaired) electrons. The van der Waals surface area contributed by atoms with Crippen molar-refractivity contribution in [1.29, 1.82) is 0 Å². The molecule has 4 heteroatoms. The molecule has 1 heterocycles. The zero-order valence-corrected chi connectivity index (χ0v) is 8.45. The molecule has 0 aliphatic carbocycles. The van der Waals surface area contributed by atoms with E-state index in [4.69, 9.17) is 5.11 Å². The Bertz CT molecular complexity index is 337. The molecule has 0 bridgehead atoms.